The van der Waals surface area contributed by atoms with Crippen molar-refractivity contribution in [2.75, 3.05) is 13.1 Å². The quantitative estimate of drug-likeness (QED) is 0.701. The zero-order valence-electron chi connectivity index (χ0n) is 13.8. The van der Waals surface area contributed by atoms with E-state index in [0.717, 1.165) is 5.56 Å². The van der Waals surface area contributed by atoms with Crippen molar-refractivity contribution in [3.05, 3.63) is 48.5 Å². The van der Waals surface area contributed by atoms with E-state index in [4.69, 9.17) is 0 Å². The molecule has 2 aromatic rings. The van der Waals surface area contributed by atoms with E-state index in [9.17, 15) is 13.2 Å². The summed E-state index contributed by atoms with van der Waals surface area (Å²) in [7, 11) is -3.50. The molecule has 0 unspecified atom stereocenters. The second-order valence-electron chi connectivity index (χ2n) is 5.54. The van der Waals surface area contributed by atoms with Gasteiger partial charge in [-0.1, -0.05) is 17.7 Å². The molecule has 2 rings (SSSR count). The van der Waals surface area contributed by atoms with Gasteiger partial charge in [0.05, 0.1) is 11.2 Å². The van der Waals surface area contributed by atoms with Crippen molar-refractivity contribution in [2.45, 2.75) is 31.2 Å². The number of aromatic nitrogens is 2. The van der Waals surface area contributed by atoms with Crippen LogP contribution in [0.15, 0.2) is 47.9 Å². The summed E-state index contributed by atoms with van der Waals surface area (Å²) >= 11 is 0. The molecule has 1 aromatic heterocycles. The summed E-state index contributed by atoms with van der Waals surface area (Å²) in [6, 6.07) is 6.31. The number of imidazole rings is 1. The van der Waals surface area contributed by atoms with E-state index < -0.39 is 10.0 Å². The SMILES string of the molecule is Cc1ccc(S(=O)(=O)NCCCNC(=O)[C@H](C)n2ccnc2)cc1. The summed E-state index contributed by atoms with van der Waals surface area (Å²) < 4.78 is 28.4. The second-order valence-corrected chi connectivity index (χ2v) is 7.31. The first-order chi connectivity index (χ1) is 11.4. The van der Waals surface area contributed by atoms with E-state index in [2.05, 4.69) is 15.0 Å². The number of hydrogen-bond donors (Lipinski definition) is 2. The first-order valence-corrected chi connectivity index (χ1v) is 9.20. The number of carbonyl (C=O) groups excluding carboxylic acids is 1. The van der Waals surface area contributed by atoms with Crippen LogP contribution in [0, 0.1) is 6.92 Å². The van der Waals surface area contributed by atoms with Crippen LogP contribution in [0.3, 0.4) is 0 Å². The molecule has 1 amide bonds. The monoisotopic (exact) mass is 350 g/mol. The van der Waals surface area contributed by atoms with Gasteiger partial charge in [0.15, 0.2) is 0 Å². The number of nitrogens with zero attached hydrogens (tertiary/aromatic N) is 2. The number of amides is 1. The molecule has 8 heteroatoms. The van der Waals surface area contributed by atoms with Gasteiger partial charge in [-0.2, -0.15) is 0 Å². The molecule has 0 fully saturated rings. The van der Waals surface area contributed by atoms with Gasteiger partial charge in [0.25, 0.3) is 0 Å². The third-order valence-electron chi connectivity index (χ3n) is 3.63. The zero-order valence-corrected chi connectivity index (χ0v) is 14.6. The highest BCUT2D eigenvalue weighted by atomic mass is 32.2. The van der Waals surface area contributed by atoms with Crippen LogP contribution in [0.1, 0.15) is 24.9 Å². The first kappa shape index (κ1) is 18.2. The molecule has 1 heterocycles. The van der Waals surface area contributed by atoms with Crippen LogP contribution in [0.4, 0.5) is 0 Å². The average molecular weight is 350 g/mol. The van der Waals surface area contributed by atoms with Crippen LogP contribution >= 0.6 is 0 Å². The first-order valence-electron chi connectivity index (χ1n) is 7.71. The summed E-state index contributed by atoms with van der Waals surface area (Å²) in [5.74, 6) is -0.130. The Kier molecular flexibility index (Phi) is 6.10. The predicted octanol–water partition coefficient (Wildman–Crippen LogP) is 1.24. The molecular formula is C16H22N4O3S. The smallest absolute Gasteiger partial charge is 0.242 e. The Labute approximate surface area is 142 Å². The van der Waals surface area contributed by atoms with Crippen molar-refractivity contribution in [3.63, 3.8) is 0 Å². The maximum absolute atomic E-state index is 12.1. The topological polar surface area (TPSA) is 93.1 Å². The molecule has 0 aliphatic carbocycles. The van der Waals surface area contributed by atoms with Gasteiger partial charge in [-0.25, -0.2) is 18.1 Å². The molecule has 7 nitrogen and oxygen atoms in total. The lowest BCUT2D eigenvalue weighted by molar-refractivity contribution is -0.123. The summed E-state index contributed by atoms with van der Waals surface area (Å²) in [5.41, 5.74) is 1.00. The molecule has 1 aromatic carbocycles. The lowest BCUT2D eigenvalue weighted by atomic mass is 10.2. The van der Waals surface area contributed by atoms with Crippen molar-refractivity contribution in [1.82, 2.24) is 19.6 Å². The number of hydrogen-bond acceptors (Lipinski definition) is 4. The number of carbonyl (C=O) groups is 1. The van der Waals surface area contributed by atoms with E-state index >= 15 is 0 Å². The molecule has 0 bridgehead atoms. The summed E-state index contributed by atoms with van der Waals surface area (Å²) in [6.45, 7) is 4.33. The minimum Gasteiger partial charge on any atom is -0.354 e. The average Bonchev–Trinajstić information content (AvgIpc) is 3.08. The Balaban J connectivity index is 1.73. The molecule has 2 N–H and O–H groups in total. The number of rotatable bonds is 8. The minimum atomic E-state index is -3.50. The summed E-state index contributed by atoms with van der Waals surface area (Å²) in [5, 5.41) is 2.78. The fraction of sp³-hybridized carbons (Fsp3) is 0.375. The highest BCUT2D eigenvalue weighted by Gasteiger charge is 2.14. The van der Waals surface area contributed by atoms with Gasteiger partial charge in [-0.15, -0.1) is 0 Å². The van der Waals surface area contributed by atoms with Gasteiger partial charge >= 0.3 is 0 Å². The van der Waals surface area contributed by atoms with Gasteiger partial charge < -0.3 is 9.88 Å². The van der Waals surface area contributed by atoms with E-state index in [1.165, 1.54) is 0 Å². The number of nitrogens with one attached hydrogen (secondary N) is 2. The van der Waals surface area contributed by atoms with E-state index in [0.29, 0.717) is 13.0 Å². The van der Waals surface area contributed by atoms with Crippen LogP contribution in [0.5, 0.6) is 0 Å². The Hall–Kier alpha value is -2.19. The van der Waals surface area contributed by atoms with Crippen molar-refractivity contribution < 1.29 is 13.2 Å². The lowest BCUT2D eigenvalue weighted by Crippen LogP contribution is -2.33. The van der Waals surface area contributed by atoms with Gasteiger partial charge in [-0.05, 0) is 32.4 Å². The minimum absolute atomic E-state index is 0.130. The van der Waals surface area contributed by atoms with Crippen LogP contribution in [-0.4, -0.2) is 37.0 Å². The standard InChI is InChI=1S/C16H22N4O3S/c1-13-4-6-15(7-5-13)24(22,23)19-9-3-8-18-16(21)14(2)20-11-10-17-12-20/h4-7,10-12,14,19H,3,8-9H2,1-2H3,(H,18,21)/t14-/m0/s1. The summed E-state index contributed by atoms with van der Waals surface area (Å²) in [4.78, 5) is 16.1. The van der Waals surface area contributed by atoms with Crippen molar-refractivity contribution in [2.24, 2.45) is 0 Å². The Morgan fingerprint density at radius 1 is 1.25 bits per heavy atom. The third-order valence-corrected chi connectivity index (χ3v) is 5.10. The molecule has 130 valence electrons. The molecule has 0 aliphatic rings. The van der Waals surface area contributed by atoms with Crippen molar-refractivity contribution in [1.29, 1.82) is 0 Å². The number of benzene rings is 1. The maximum atomic E-state index is 12.1. The Morgan fingerprint density at radius 3 is 2.58 bits per heavy atom. The maximum Gasteiger partial charge on any atom is 0.242 e. The number of aryl methyl sites for hydroxylation is 1. The Bertz CT molecular complexity index is 755. The zero-order chi connectivity index (χ0) is 17.6. The van der Waals surface area contributed by atoms with E-state index in [1.807, 2.05) is 6.92 Å². The van der Waals surface area contributed by atoms with Crippen molar-refractivity contribution >= 4 is 15.9 Å². The molecule has 0 spiro atoms. The lowest BCUT2D eigenvalue weighted by Gasteiger charge is -2.13. The molecule has 1 atom stereocenters. The molecule has 0 saturated carbocycles. The van der Waals surface area contributed by atoms with Crippen LogP contribution in [0.25, 0.3) is 0 Å². The normalized spacial score (nSPS) is 12.8. The molecule has 0 aliphatic heterocycles. The third kappa shape index (κ3) is 4.90. The second kappa shape index (κ2) is 8.07. The van der Waals surface area contributed by atoms with E-state index in [-0.39, 0.29) is 23.4 Å². The van der Waals surface area contributed by atoms with Crippen LogP contribution in [-0.2, 0) is 14.8 Å². The molecular weight excluding hydrogens is 328 g/mol. The van der Waals surface area contributed by atoms with Crippen LogP contribution in [0.2, 0.25) is 0 Å². The fourth-order valence-corrected chi connectivity index (χ4v) is 3.16. The molecule has 24 heavy (non-hydrogen) atoms. The predicted molar refractivity (Wildman–Crippen MR) is 90.9 cm³/mol. The fourth-order valence-electron chi connectivity index (χ4n) is 2.09. The molecule has 0 saturated heterocycles. The Morgan fingerprint density at radius 2 is 1.96 bits per heavy atom. The number of sulfonamides is 1. The van der Waals surface area contributed by atoms with Crippen LogP contribution < -0.4 is 10.0 Å². The van der Waals surface area contributed by atoms with E-state index in [1.54, 1.807) is 54.5 Å². The molecule has 0 radical (unpaired) electrons. The van der Waals surface area contributed by atoms with Gasteiger partial charge in [0.2, 0.25) is 15.9 Å². The summed E-state index contributed by atoms with van der Waals surface area (Å²) in [6.07, 6.45) is 5.43. The largest absolute Gasteiger partial charge is 0.354 e. The highest BCUT2D eigenvalue weighted by Crippen LogP contribution is 2.09. The van der Waals surface area contributed by atoms with Gasteiger partial charge in [0.1, 0.15) is 6.04 Å². The highest BCUT2D eigenvalue weighted by molar-refractivity contribution is 7.89. The van der Waals surface area contributed by atoms with Crippen molar-refractivity contribution in [3.8, 4) is 0 Å². The van der Waals surface area contributed by atoms with Gasteiger partial charge in [0, 0.05) is 25.5 Å². The van der Waals surface area contributed by atoms with Gasteiger partial charge in [-0.3, -0.25) is 4.79 Å².